The summed E-state index contributed by atoms with van der Waals surface area (Å²) in [7, 11) is 0. The van der Waals surface area contributed by atoms with Gasteiger partial charge in [0.25, 0.3) is 12.5 Å². The number of carbonyl (C=O) groups excluding carboxylic acids is 1. The van der Waals surface area contributed by atoms with Crippen LogP contribution in [0.3, 0.4) is 0 Å². The van der Waals surface area contributed by atoms with Gasteiger partial charge in [0.15, 0.2) is 0 Å². The predicted molar refractivity (Wildman–Crippen MR) is 156 cm³/mol. The van der Waals surface area contributed by atoms with Gasteiger partial charge in [-0.05, 0) is 78.1 Å². The van der Waals surface area contributed by atoms with Crippen molar-refractivity contribution in [1.82, 2.24) is 4.98 Å². The minimum Gasteiger partial charge on any atom is -0.398 e. The van der Waals surface area contributed by atoms with Gasteiger partial charge in [0, 0.05) is 40.9 Å². The van der Waals surface area contributed by atoms with Crippen LogP contribution in [0.2, 0.25) is 0 Å². The van der Waals surface area contributed by atoms with Crippen molar-refractivity contribution in [3.05, 3.63) is 105 Å². The third kappa shape index (κ3) is 5.04. The van der Waals surface area contributed by atoms with Gasteiger partial charge in [0.05, 0.1) is 23.0 Å². The Morgan fingerprint density at radius 1 is 1.16 bits per heavy atom. The van der Waals surface area contributed by atoms with Gasteiger partial charge in [-0.2, -0.15) is 0 Å². The van der Waals surface area contributed by atoms with Crippen LogP contribution in [0, 0.1) is 25.8 Å². The molecule has 0 aliphatic heterocycles. The topological polar surface area (TPSA) is 148 Å². The largest absolute Gasteiger partial charge is 0.398 e. The fourth-order valence-electron chi connectivity index (χ4n) is 4.60. The molecule has 1 aliphatic rings. The van der Waals surface area contributed by atoms with Crippen molar-refractivity contribution in [3.8, 4) is 6.57 Å². The van der Waals surface area contributed by atoms with E-state index in [9.17, 15) is 4.79 Å². The smallest absolute Gasteiger partial charge is 0.342 e. The van der Waals surface area contributed by atoms with Gasteiger partial charge < -0.3 is 27.9 Å². The summed E-state index contributed by atoms with van der Waals surface area (Å²) >= 11 is 0. The number of primary amides is 1. The number of aryl methyl sites for hydroxylation is 2. The Morgan fingerprint density at radius 3 is 2.63 bits per heavy atom. The quantitative estimate of drug-likeness (QED) is 0.220. The number of nitrogens with zero attached hydrogens (tertiary/aromatic N) is 2. The fraction of sp³-hybridized carbons (Fsp3) is 0.133. The van der Waals surface area contributed by atoms with E-state index in [1.807, 2.05) is 50.3 Å². The van der Waals surface area contributed by atoms with E-state index >= 15 is 0 Å². The van der Waals surface area contributed by atoms with Crippen molar-refractivity contribution in [3.63, 3.8) is 0 Å². The summed E-state index contributed by atoms with van der Waals surface area (Å²) in [6, 6.07) is 13.0. The number of carbonyl (C=O) groups is 1. The molecule has 0 atom stereocenters. The zero-order valence-corrected chi connectivity index (χ0v) is 21.4. The molecule has 0 unspecified atom stereocenters. The van der Waals surface area contributed by atoms with Crippen LogP contribution in [0.15, 0.2) is 72.1 Å². The van der Waals surface area contributed by atoms with Gasteiger partial charge in [-0.1, -0.05) is 18.2 Å². The van der Waals surface area contributed by atoms with E-state index in [-0.39, 0.29) is 11.3 Å². The molecule has 38 heavy (non-hydrogen) atoms. The van der Waals surface area contributed by atoms with E-state index in [0.29, 0.717) is 41.2 Å². The predicted octanol–water partition coefficient (Wildman–Crippen LogP) is 5.58. The molecule has 0 saturated carbocycles. The van der Waals surface area contributed by atoms with Gasteiger partial charge >= 0.3 is 5.69 Å². The molecule has 2 aromatic carbocycles. The Labute approximate surface area is 221 Å². The Balaban J connectivity index is 1.89. The number of hydrogen-bond donors (Lipinski definition) is 5. The number of nitrogens with one attached hydrogen (secondary N) is 2. The number of allylic oxidation sites excluding steroid dienone is 3. The molecule has 0 radical (unpaired) electrons. The van der Waals surface area contributed by atoms with Crippen LogP contribution in [0.1, 0.15) is 40.7 Å². The molecule has 1 heterocycles. The van der Waals surface area contributed by atoms with Crippen molar-refractivity contribution < 1.29 is 4.79 Å². The summed E-state index contributed by atoms with van der Waals surface area (Å²) in [5.41, 5.74) is 26.3. The van der Waals surface area contributed by atoms with E-state index in [2.05, 4.69) is 15.1 Å². The summed E-state index contributed by atoms with van der Waals surface area (Å²) in [5.74, 6) is 0.0347. The van der Waals surface area contributed by atoms with Gasteiger partial charge in [0.1, 0.15) is 5.82 Å². The Hall–Kier alpha value is -5.16. The molecule has 0 bridgehead atoms. The van der Waals surface area contributed by atoms with E-state index in [1.54, 1.807) is 24.4 Å². The number of pyridine rings is 1. The van der Waals surface area contributed by atoms with Crippen LogP contribution >= 0.6 is 0 Å². The average Bonchev–Trinajstić information content (AvgIpc) is 2.89. The zero-order valence-electron chi connectivity index (χ0n) is 21.4. The molecule has 1 aliphatic carbocycles. The first-order chi connectivity index (χ1) is 18.2. The van der Waals surface area contributed by atoms with E-state index < -0.39 is 5.91 Å². The maximum absolute atomic E-state index is 12.7. The molecule has 0 saturated heterocycles. The molecule has 8 nitrogen and oxygen atoms in total. The Bertz CT molecular complexity index is 1590. The number of anilines is 3. The van der Waals surface area contributed by atoms with Crippen molar-refractivity contribution in [1.29, 1.82) is 5.41 Å². The summed E-state index contributed by atoms with van der Waals surface area (Å²) in [6.07, 6.45) is 7.83. The normalized spacial score (nSPS) is 18.1. The monoisotopic (exact) mass is 504 g/mol. The van der Waals surface area contributed by atoms with Crippen molar-refractivity contribution in [2.75, 3.05) is 11.1 Å². The SMILES string of the molecule is C#[N+]c1ccc(/C2=C/C(C(N)=O)=C(N)\C(c3c(C)ccc(N)c3C=N)=C/CC2)c(Nc2ncccc2C)c1. The van der Waals surface area contributed by atoms with Gasteiger partial charge in [-0.25, -0.2) is 4.98 Å². The van der Waals surface area contributed by atoms with Crippen molar-refractivity contribution in [2.45, 2.75) is 26.7 Å². The summed E-state index contributed by atoms with van der Waals surface area (Å²) in [5, 5.41) is 11.3. The third-order valence-electron chi connectivity index (χ3n) is 6.59. The minimum absolute atomic E-state index is 0.177. The second kappa shape index (κ2) is 10.8. The lowest BCUT2D eigenvalue weighted by molar-refractivity contribution is -0.114. The maximum Gasteiger partial charge on any atom is 0.342 e. The number of nitrogens with two attached hydrogens (primary N) is 3. The zero-order chi connectivity index (χ0) is 27.4. The molecule has 3 aromatic rings. The Kier molecular flexibility index (Phi) is 7.40. The Morgan fingerprint density at radius 2 is 1.95 bits per heavy atom. The van der Waals surface area contributed by atoms with Crippen LogP contribution in [0.5, 0.6) is 0 Å². The maximum atomic E-state index is 12.7. The lowest BCUT2D eigenvalue weighted by Gasteiger charge is -2.21. The first-order valence-corrected chi connectivity index (χ1v) is 12.1. The van der Waals surface area contributed by atoms with Crippen LogP contribution < -0.4 is 22.5 Å². The number of nitrogen functional groups attached to an aromatic ring is 1. The highest BCUT2D eigenvalue weighted by molar-refractivity contribution is 6.05. The number of benzene rings is 2. The van der Waals surface area contributed by atoms with Gasteiger partial charge in [0.2, 0.25) is 0 Å². The van der Waals surface area contributed by atoms with Crippen LogP contribution in [0.4, 0.5) is 22.9 Å². The highest BCUT2D eigenvalue weighted by Crippen LogP contribution is 2.38. The minimum atomic E-state index is -0.658. The molecule has 8 heteroatoms. The summed E-state index contributed by atoms with van der Waals surface area (Å²) < 4.78 is 0. The van der Waals surface area contributed by atoms with Gasteiger partial charge in [-0.15, -0.1) is 0 Å². The lowest BCUT2D eigenvalue weighted by atomic mass is 9.86. The lowest BCUT2D eigenvalue weighted by Crippen LogP contribution is -2.20. The molecule has 0 spiro atoms. The fourth-order valence-corrected chi connectivity index (χ4v) is 4.60. The number of hydrogen-bond acceptors (Lipinski definition) is 6. The molecule has 190 valence electrons. The summed E-state index contributed by atoms with van der Waals surface area (Å²) in [6.45, 7) is 9.44. The molecule has 8 N–H and O–H groups in total. The molecule has 4 rings (SSSR count). The highest BCUT2D eigenvalue weighted by Gasteiger charge is 2.22. The number of rotatable bonds is 6. The molecular weight excluding hydrogens is 474 g/mol. The highest BCUT2D eigenvalue weighted by atomic mass is 16.1. The van der Waals surface area contributed by atoms with Crippen molar-refractivity contribution in [2.24, 2.45) is 11.5 Å². The third-order valence-corrected chi connectivity index (χ3v) is 6.59. The molecular formula is C30H30N7O+. The van der Waals surface area contributed by atoms with Crippen LogP contribution in [-0.2, 0) is 4.79 Å². The second-order valence-electron chi connectivity index (χ2n) is 9.08. The number of aromatic nitrogens is 1. The first kappa shape index (κ1) is 25.9. The summed E-state index contributed by atoms with van der Waals surface area (Å²) in [4.78, 5) is 21.0. The first-order valence-electron chi connectivity index (χ1n) is 12.1. The molecule has 0 fully saturated rings. The standard InChI is InChI=1S/C30H29N7O/c1-17-9-12-25(32)24(16-31)27(17)22-8-4-7-19(14-23(28(22)33)29(34)38)21-11-10-20(35-3)15-26(21)37-30-18(2)6-5-13-36-30/h3,5-6,8-16H,4,7H2,1-2H3,(H7-,31,32,33,34,36,37,38)/p+1/b19-14+,22-8-. The van der Waals surface area contributed by atoms with E-state index in [0.717, 1.165) is 33.5 Å². The average molecular weight is 505 g/mol. The molecule has 1 aromatic heterocycles. The molecule has 1 amide bonds. The van der Waals surface area contributed by atoms with E-state index in [4.69, 9.17) is 29.2 Å². The van der Waals surface area contributed by atoms with E-state index in [1.165, 1.54) is 6.21 Å². The van der Waals surface area contributed by atoms with Crippen LogP contribution in [-0.4, -0.2) is 17.1 Å². The van der Waals surface area contributed by atoms with Crippen LogP contribution in [0.25, 0.3) is 16.0 Å². The van der Waals surface area contributed by atoms with Gasteiger partial charge in [-0.3, -0.25) is 4.79 Å². The second-order valence-corrected chi connectivity index (χ2v) is 9.08. The number of amides is 1. The van der Waals surface area contributed by atoms with Crippen molar-refractivity contribution >= 4 is 46.1 Å².